The van der Waals surface area contributed by atoms with Gasteiger partial charge in [-0.05, 0) is 5.92 Å². The van der Waals surface area contributed by atoms with Crippen LogP contribution >= 0.6 is 46.4 Å². The Hall–Kier alpha value is -0.713. The molecule has 0 radical (unpaired) electrons. The van der Waals surface area contributed by atoms with Crippen molar-refractivity contribution in [3.05, 3.63) is 61.7 Å². The molecular formula is C14H7Cl4LiN2O. The van der Waals surface area contributed by atoms with Gasteiger partial charge in [0, 0.05) is 10.0 Å². The van der Waals surface area contributed by atoms with Crippen LogP contribution in [0.25, 0.3) is 0 Å². The molecule has 2 aromatic rings. The number of hydrogen-bond donors (Lipinski definition) is 0. The molecule has 0 spiro atoms. The summed E-state index contributed by atoms with van der Waals surface area (Å²) >= 11 is 24.0. The molecule has 0 bridgehead atoms. The SMILES string of the molecule is COc1ccc([C-](C#N)c2c(Cl)c(Cl)nc(Cl)c2Cl)cc1.[Li+]. The number of nitrogens with zero attached hydrogens (tertiary/aromatic N) is 2. The second kappa shape index (κ2) is 8.23. The van der Waals surface area contributed by atoms with Gasteiger partial charge in [-0.2, -0.15) is 0 Å². The molecule has 8 heteroatoms. The predicted octanol–water partition coefficient (Wildman–Crippen LogP) is 2.20. The van der Waals surface area contributed by atoms with E-state index in [0.29, 0.717) is 11.3 Å². The molecule has 0 fully saturated rings. The van der Waals surface area contributed by atoms with E-state index in [1.54, 1.807) is 31.4 Å². The Kier molecular flexibility index (Phi) is 7.23. The molecule has 0 aliphatic rings. The van der Waals surface area contributed by atoms with Crippen LogP contribution in [0, 0.1) is 17.2 Å². The fourth-order valence-corrected chi connectivity index (χ4v) is 2.64. The largest absolute Gasteiger partial charge is 1.00 e. The third-order valence-electron chi connectivity index (χ3n) is 2.74. The van der Waals surface area contributed by atoms with Gasteiger partial charge in [-0.3, -0.25) is 0 Å². The second-order valence-corrected chi connectivity index (χ2v) is 5.38. The number of aromatic nitrogens is 1. The van der Waals surface area contributed by atoms with E-state index in [9.17, 15) is 5.26 Å². The number of halogens is 4. The zero-order chi connectivity index (χ0) is 15.6. The van der Waals surface area contributed by atoms with Gasteiger partial charge in [-0.15, -0.1) is 40.9 Å². The van der Waals surface area contributed by atoms with E-state index >= 15 is 0 Å². The van der Waals surface area contributed by atoms with Crippen molar-refractivity contribution in [2.24, 2.45) is 0 Å². The number of benzene rings is 1. The summed E-state index contributed by atoms with van der Waals surface area (Å²) in [5.41, 5.74) is 0.872. The van der Waals surface area contributed by atoms with Gasteiger partial charge >= 0.3 is 18.9 Å². The van der Waals surface area contributed by atoms with Gasteiger partial charge in [-0.25, -0.2) is 10.2 Å². The van der Waals surface area contributed by atoms with E-state index in [2.05, 4.69) is 11.1 Å². The Morgan fingerprint density at radius 1 is 1.05 bits per heavy atom. The van der Waals surface area contributed by atoms with Crippen LogP contribution in [0.4, 0.5) is 0 Å². The molecule has 1 aromatic heterocycles. The van der Waals surface area contributed by atoms with E-state index in [0.717, 1.165) is 0 Å². The Labute approximate surface area is 160 Å². The number of pyridine rings is 1. The summed E-state index contributed by atoms with van der Waals surface area (Å²) in [5.74, 6) is 0.915. The van der Waals surface area contributed by atoms with E-state index in [4.69, 9.17) is 51.1 Å². The third kappa shape index (κ3) is 3.78. The van der Waals surface area contributed by atoms with Crippen molar-refractivity contribution in [3.8, 4) is 11.8 Å². The summed E-state index contributed by atoms with van der Waals surface area (Å²) in [6.07, 6.45) is 0. The molecule has 0 aliphatic heterocycles. The first-order valence-corrected chi connectivity index (χ1v) is 7.12. The standard InChI is InChI=1S/C14H7Cl4N2O.Li/c1-21-8-4-2-7(3-5-8)9(6-19)10-11(15)13(17)20-14(18)12(10)16;/h2-5H,1H3;/q-1;+1. The van der Waals surface area contributed by atoms with Crippen LogP contribution in [0.5, 0.6) is 5.75 Å². The van der Waals surface area contributed by atoms with Crippen molar-refractivity contribution in [3.63, 3.8) is 0 Å². The zero-order valence-electron chi connectivity index (χ0n) is 11.6. The van der Waals surface area contributed by atoms with Gasteiger partial charge < -0.3 is 4.74 Å². The first-order valence-electron chi connectivity index (χ1n) is 5.61. The van der Waals surface area contributed by atoms with E-state index in [-0.39, 0.29) is 50.7 Å². The Bertz CT molecular complexity index is 690. The summed E-state index contributed by atoms with van der Waals surface area (Å²) in [4.78, 5) is 3.80. The number of ether oxygens (including phenoxy) is 1. The molecule has 108 valence electrons. The first kappa shape index (κ1) is 19.3. The maximum atomic E-state index is 9.45. The molecule has 0 saturated heterocycles. The maximum absolute atomic E-state index is 9.45. The first-order chi connectivity index (χ1) is 9.99. The summed E-state index contributed by atoms with van der Waals surface area (Å²) in [6.45, 7) is 0. The van der Waals surface area contributed by atoms with Crippen LogP contribution in [0.2, 0.25) is 20.4 Å². The molecule has 3 nitrogen and oxygen atoms in total. The quantitative estimate of drug-likeness (QED) is 0.474. The number of hydrogen-bond acceptors (Lipinski definition) is 3. The minimum absolute atomic E-state index is 0. The molecule has 1 aromatic carbocycles. The van der Waals surface area contributed by atoms with E-state index < -0.39 is 0 Å². The van der Waals surface area contributed by atoms with Gasteiger partial charge in [-0.1, -0.05) is 40.9 Å². The number of methoxy groups -OCH3 is 1. The number of nitriles is 1. The van der Waals surface area contributed by atoms with E-state index in [1.807, 2.05) is 0 Å². The van der Waals surface area contributed by atoms with Crippen molar-refractivity contribution in [1.29, 1.82) is 5.26 Å². The molecule has 0 N–H and O–H groups in total. The summed E-state index contributed by atoms with van der Waals surface area (Å²) in [6, 6.07) is 8.94. The van der Waals surface area contributed by atoms with Crippen LogP contribution in [0.15, 0.2) is 24.3 Å². The molecule has 1 heterocycles. The van der Waals surface area contributed by atoms with Crippen LogP contribution in [-0.2, 0) is 0 Å². The van der Waals surface area contributed by atoms with Gasteiger partial charge in [0.05, 0.1) is 13.2 Å². The van der Waals surface area contributed by atoms with Gasteiger partial charge in [0.15, 0.2) is 0 Å². The summed E-state index contributed by atoms with van der Waals surface area (Å²) < 4.78 is 5.08. The van der Waals surface area contributed by atoms with Gasteiger partial charge in [0.25, 0.3) is 0 Å². The summed E-state index contributed by atoms with van der Waals surface area (Å²) in [7, 11) is 1.56. The average molecular weight is 368 g/mol. The number of rotatable bonds is 3. The fourth-order valence-electron chi connectivity index (χ4n) is 1.73. The minimum atomic E-state index is -0.0117. The smallest absolute Gasteiger partial charge is 0.498 e. The van der Waals surface area contributed by atoms with Crippen molar-refractivity contribution in [2.45, 2.75) is 0 Å². The zero-order valence-corrected chi connectivity index (χ0v) is 14.6. The fraction of sp³-hybridized carbons (Fsp3) is 0.0714. The molecule has 0 saturated carbocycles. The minimum Gasteiger partial charge on any atom is -0.498 e. The van der Waals surface area contributed by atoms with Crippen molar-refractivity contribution >= 4 is 46.4 Å². The average Bonchev–Trinajstić information content (AvgIpc) is 2.50. The van der Waals surface area contributed by atoms with E-state index in [1.165, 1.54) is 0 Å². The molecule has 0 aliphatic carbocycles. The molecule has 2 rings (SSSR count). The summed E-state index contributed by atoms with van der Waals surface area (Å²) in [5, 5.41) is 9.59. The Balaban J connectivity index is 0.00000242. The van der Waals surface area contributed by atoms with Crippen molar-refractivity contribution < 1.29 is 23.6 Å². The monoisotopic (exact) mass is 366 g/mol. The molecule has 22 heavy (non-hydrogen) atoms. The second-order valence-electron chi connectivity index (χ2n) is 3.91. The van der Waals surface area contributed by atoms with Crippen molar-refractivity contribution in [2.75, 3.05) is 7.11 Å². The van der Waals surface area contributed by atoms with Crippen LogP contribution in [0.1, 0.15) is 11.1 Å². The Morgan fingerprint density at radius 2 is 1.55 bits per heavy atom. The normalized spacial score (nSPS) is 9.64. The van der Waals surface area contributed by atoms with Crippen LogP contribution in [0.3, 0.4) is 0 Å². The van der Waals surface area contributed by atoms with Crippen LogP contribution in [-0.4, -0.2) is 12.1 Å². The molecule has 0 amide bonds. The predicted molar refractivity (Wildman–Crippen MR) is 84.3 cm³/mol. The topological polar surface area (TPSA) is 45.9 Å². The Morgan fingerprint density at radius 3 is 1.95 bits per heavy atom. The molecular weight excluding hydrogens is 361 g/mol. The van der Waals surface area contributed by atoms with Crippen LogP contribution < -0.4 is 23.6 Å². The molecule has 0 atom stereocenters. The molecule has 0 unspecified atom stereocenters. The third-order valence-corrected chi connectivity index (χ3v) is 4.21. The van der Waals surface area contributed by atoms with Gasteiger partial charge in [0.1, 0.15) is 16.1 Å². The maximum Gasteiger partial charge on any atom is 1.00 e. The van der Waals surface area contributed by atoms with Crippen molar-refractivity contribution in [1.82, 2.24) is 4.98 Å². The van der Waals surface area contributed by atoms with Gasteiger partial charge in [0.2, 0.25) is 0 Å².